The normalized spacial score (nSPS) is 15.7. The Labute approximate surface area is 192 Å². The van der Waals surface area contributed by atoms with E-state index in [0.29, 0.717) is 12.4 Å². The lowest BCUT2D eigenvalue weighted by molar-refractivity contribution is -0.127. The molecule has 1 N–H and O–H groups in total. The summed E-state index contributed by atoms with van der Waals surface area (Å²) in [5.74, 6) is 0.632. The number of pyridine rings is 2. The lowest BCUT2D eigenvalue weighted by atomic mass is 10.0. The number of aryl methyl sites for hydroxylation is 1. The van der Waals surface area contributed by atoms with Gasteiger partial charge in [0, 0.05) is 30.1 Å². The molecule has 1 aromatic carbocycles. The van der Waals surface area contributed by atoms with Crippen LogP contribution < -0.4 is 4.74 Å². The fourth-order valence-electron chi connectivity index (χ4n) is 4.60. The van der Waals surface area contributed by atoms with Gasteiger partial charge in [-0.1, -0.05) is 36.9 Å². The predicted octanol–water partition coefficient (Wildman–Crippen LogP) is 5.16. The molecule has 5 rings (SSSR count). The number of nitrogens with one attached hydrogen (secondary N) is 1. The first-order chi connectivity index (χ1) is 16.2. The number of carbonyl (C=O) groups excluding carboxylic acids is 1. The molecule has 3 aromatic heterocycles. The summed E-state index contributed by atoms with van der Waals surface area (Å²) in [5, 5.41) is 0. The molecule has 1 aliphatic heterocycles. The third kappa shape index (κ3) is 3.89. The number of benzene rings is 1. The number of fused-ring (bicyclic) bond motifs is 1. The summed E-state index contributed by atoms with van der Waals surface area (Å²) >= 11 is 0. The molecule has 33 heavy (non-hydrogen) atoms. The molecule has 0 unspecified atom stereocenters. The first kappa shape index (κ1) is 20.9. The first-order valence-electron chi connectivity index (χ1n) is 11.2. The number of H-pyrrole nitrogens is 1. The van der Waals surface area contributed by atoms with E-state index in [0.717, 1.165) is 58.4 Å². The van der Waals surface area contributed by atoms with Gasteiger partial charge < -0.3 is 14.6 Å². The molecule has 1 amide bonds. The van der Waals surface area contributed by atoms with Crippen LogP contribution in [0.1, 0.15) is 18.4 Å². The molecule has 1 aliphatic rings. The van der Waals surface area contributed by atoms with Crippen molar-refractivity contribution in [1.82, 2.24) is 19.9 Å². The number of hydrogen-bond acceptors (Lipinski definition) is 4. The lowest BCUT2D eigenvalue weighted by Gasteiger charge is -2.24. The van der Waals surface area contributed by atoms with E-state index in [1.807, 2.05) is 41.4 Å². The molecule has 0 aliphatic carbocycles. The quantitative estimate of drug-likeness (QED) is 0.422. The zero-order chi connectivity index (χ0) is 22.8. The SMILES string of the molecule is C=CC(=O)N1CCC[C@H]1COc1cnccc1-c1[nH]c2c(C)ccnc2c1-c1ccccc1. The van der Waals surface area contributed by atoms with Crippen LogP contribution in [-0.2, 0) is 4.79 Å². The zero-order valence-corrected chi connectivity index (χ0v) is 18.6. The van der Waals surface area contributed by atoms with Gasteiger partial charge in [-0.15, -0.1) is 0 Å². The Kier molecular flexibility index (Phi) is 5.65. The number of carbonyl (C=O) groups is 1. The van der Waals surface area contributed by atoms with E-state index in [-0.39, 0.29) is 11.9 Å². The summed E-state index contributed by atoms with van der Waals surface area (Å²) in [6.45, 7) is 6.86. The molecule has 6 heteroatoms. The maximum atomic E-state index is 12.2. The Morgan fingerprint density at radius 3 is 2.91 bits per heavy atom. The molecule has 1 atom stereocenters. The minimum atomic E-state index is -0.0453. The average Bonchev–Trinajstić information content (AvgIpc) is 3.48. The highest BCUT2D eigenvalue weighted by Crippen LogP contribution is 2.41. The van der Waals surface area contributed by atoms with Crippen molar-refractivity contribution in [3.8, 4) is 28.1 Å². The highest BCUT2D eigenvalue weighted by atomic mass is 16.5. The van der Waals surface area contributed by atoms with Crippen molar-refractivity contribution < 1.29 is 9.53 Å². The number of aromatic amines is 1. The number of nitrogens with zero attached hydrogens (tertiary/aromatic N) is 3. The van der Waals surface area contributed by atoms with Crippen LogP contribution in [0.3, 0.4) is 0 Å². The average molecular weight is 439 g/mol. The summed E-state index contributed by atoms with van der Waals surface area (Å²) in [4.78, 5) is 26.6. The molecule has 1 saturated heterocycles. The summed E-state index contributed by atoms with van der Waals surface area (Å²) in [6, 6.07) is 14.3. The van der Waals surface area contributed by atoms with Crippen LogP contribution in [0.4, 0.5) is 0 Å². The summed E-state index contributed by atoms with van der Waals surface area (Å²) in [7, 11) is 0. The third-order valence-corrected chi connectivity index (χ3v) is 6.28. The van der Waals surface area contributed by atoms with Crippen LogP contribution in [0.25, 0.3) is 33.4 Å². The van der Waals surface area contributed by atoms with Gasteiger partial charge in [-0.25, -0.2) is 0 Å². The Morgan fingerprint density at radius 1 is 1.24 bits per heavy atom. The number of likely N-dealkylation sites (tertiary alicyclic amines) is 1. The molecule has 6 nitrogen and oxygen atoms in total. The number of amides is 1. The van der Waals surface area contributed by atoms with Gasteiger partial charge in [-0.3, -0.25) is 14.8 Å². The Balaban J connectivity index is 1.56. The molecule has 0 saturated carbocycles. The van der Waals surface area contributed by atoms with Gasteiger partial charge in [0.1, 0.15) is 12.4 Å². The number of ether oxygens (including phenoxy) is 1. The summed E-state index contributed by atoms with van der Waals surface area (Å²) < 4.78 is 6.29. The second kappa shape index (κ2) is 8.90. The van der Waals surface area contributed by atoms with E-state index < -0.39 is 0 Å². The Bertz CT molecular complexity index is 1310. The van der Waals surface area contributed by atoms with Crippen LogP contribution in [0.15, 0.2) is 73.7 Å². The van der Waals surface area contributed by atoms with Crippen LogP contribution in [0.5, 0.6) is 5.75 Å². The van der Waals surface area contributed by atoms with Crippen LogP contribution in [0, 0.1) is 6.92 Å². The van der Waals surface area contributed by atoms with Crippen molar-refractivity contribution in [2.75, 3.05) is 13.2 Å². The van der Waals surface area contributed by atoms with Crippen LogP contribution in [-0.4, -0.2) is 45.0 Å². The van der Waals surface area contributed by atoms with Gasteiger partial charge in [0.2, 0.25) is 5.91 Å². The standard InChI is InChI=1S/C27H26N4O2/c1-3-23(32)31-15-7-10-20(31)17-33-22-16-28-13-12-21(22)26-24(19-8-5-4-6-9-19)27-25(30-26)18(2)11-14-29-27/h3-6,8-9,11-14,16,20,30H,1,7,10,15,17H2,2H3/t20-/m0/s1. The molecule has 0 bridgehead atoms. The van der Waals surface area contributed by atoms with Crippen molar-refractivity contribution in [3.05, 3.63) is 79.3 Å². The predicted molar refractivity (Wildman–Crippen MR) is 130 cm³/mol. The Morgan fingerprint density at radius 2 is 2.09 bits per heavy atom. The number of hydrogen-bond donors (Lipinski definition) is 1. The maximum Gasteiger partial charge on any atom is 0.246 e. The smallest absolute Gasteiger partial charge is 0.246 e. The molecule has 1 fully saturated rings. The molecule has 4 aromatic rings. The first-order valence-corrected chi connectivity index (χ1v) is 11.2. The summed E-state index contributed by atoms with van der Waals surface area (Å²) in [6.07, 6.45) is 8.62. The van der Waals surface area contributed by atoms with Crippen molar-refractivity contribution in [3.63, 3.8) is 0 Å². The topological polar surface area (TPSA) is 71.1 Å². The van der Waals surface area contributed by atoms with E-state index in [1.54, 1.807) is 12.4 Å². The van der Waals surface area contributed by atoms with Crippen LogP contribution in [0.2, 0.25) is 0 Å². The second-order valence-corrected chi connectivity index (χ2v) is 8.31. The fourth-order valence-corrected chi connectivity index (χ4v) is 4.60. The molecule has 0 spiro atoms. The zero-order valence-electron chi connectivity index (χ0n) is 18.6. The van der Waals surface area contributed by atoms with Crippen molar-refractivity contribution in [1.29, 1.82) is 0 Å². The van der Waals surface area contributed by atoms with Gasteiger partial charge in [0.05, 0.1) is 29.0 Å². The van der Waals surface area contributed by atoms with Gasteiger partial charge in [-0.2, -0.15) is 0 Å². The lowest BCUT2D eigenvalue weighted by Crippen LogP contribution is -2.38. The maximum absolute atomic E-state index is 12.2. The highest BCUT2D eigenvalue weighted by Gasteiger charge is 2.28. The van der Waals surface area contributed by atoms with Gasteiger partial charge in [0.15, 0.2) is 0 Å². The molecule has 4 heterocycles. The Hall–Kier alpha value is -3.93. The third-order valence-electron chi connectivity index (χ3n) is 6.28. The van der Waals surface area contributed by atoms with E-state index in [1.165, 1.54) is 6.08 Å². The van der Waals surface area contributed by atoms with Crippen molar-refractivity contribution in [2.45, 2.75) is 25.8 Å². The van der Waals surface area contributed by atoms with Gasteiger partial charge >= 0.3 is 0 Å². The minimum absolute atomic E-state index is 0.0313. The largest absolute Gasteiger partial charge is 0.489 e. The van der Waals surface area contributed by atoms with Crippen LogP contribution >= 0.6 is 0 Å². The molecule has 166 valence electrons. The van der Waals surface area contributed by atoms with E-state index in [4.69, 9.17) is 9.72 Å². The van der Waals surface area contributed by atoms with Crippen molar-refractivity contribution >= 4 is 16.9 Å². The molecular weight excluding hydrogens is 412 g/mol. The minimum Gasteiger partial charge on any atom is -0.489 e. The van der Waals surface area contributed by atoms with E-state index in [2.05, 4.69) is 35.6 Å². The second-order valence-electron chi connectivity index (χ2n) is 8.31. The van der Waals surface area contributed by atoms with Crippen molar-refractivity contribution in [2.24, 2.45) is 0 Å². The van der Waals surface area contributed by atoms with E-state index >= 15 is 0 Å². The van der Waals surface area contributed by atoms with Gasteiger partial charge in [-0.05, 0) is 49.1 Å². The number of rotatable bonds is 6. The number of aromatic nitrogens is 3. The monoisotopic (exact) mass is 438 g/mol. The van der Waals surface area contributed by atoms with E-state index in [9.17, 15) is 4.79 Å². The highest BCUT2D eigenvalue weighted by molar-refractivity contribution is 6.03. The molecular formula is C27H26N4O2. The molecule has 0 radical (unpaired) electrons. The summed E-state index contributed by atoms with van der Waals surface area (Å²) in [5.41, 5.74) is 7.05. The van der Waals surface area contributed by atoms with Gasteiger partial charge in [0.25, 0.3) is 0 Å². The fraction of sp³-hybridized carbons (Fsp3) is 0.222.